The molecule has 28 nitrogen and oxygen atoms in total. The number of nitrogens with one attached hydrogen (secondary N) is 4. The van der Waals surface area contributed by atoms with Crippen LogP contribution in [0.1, 0.15) is 434 Å². The molecule has 4 aromatic carbocycles. The van der Waals surface area contributed by atoms with Gasteiger partial charge in [-0.25, -0.2) is 19.2 Å². The molecular formula is C112H172N4O24. The molecule has 4 N–H and O–H groups in total. The lowest BCUT2D eigenvalue weighted by molar-refractivity contribution is -0.146. The third-order valence-electron chi connectivity index (χ3n) is 27.5. The highest BCUT2D eigenvalue weighted by atomic mass is 16.7. The van der Waals surface area contributed by atoms with E-state index in [-0.39, 0.29) is 118 Å². The quantitative estimate of drug-likeness (QED) is 0.0181. The fraction of sp³-hybridized carbons (Fsp3) is 0.714. The molecule has 784 valence electrons. The Balaban J connectivity index is 1.49. The second-order valence-electron chi connectivity index (χ2n) is 40.7. The van der Waals surface area contributed by atoms with Crippen LogP contribution in [0.4, 0.5) is 0 Å². The molecule has 0 saturated heterocycles. The molecule has 0 aromatic heterocycles. The Labute approximate surface area is 835 Å². The minimum absolute atomic E-state index is 0.0302. The maximum atomic E-state index is 15.1. The molecule has 4 heterocycles. The number of carbonyl (C=O) groups excluding carboxylic acids is 8. The molecule has 5 aliphatic rings. The predicted octanol–water partition coefficient (Wildman–Crippen LogP) is 23.5. The van der Waals surface area contributed by atoms with Gasteiger partial charge in [-0.1, -0.05) is 314 Å². The van der Waals surface area contributed by atoms with Crippen LogP contribution in [0.3, 0.4) is 0 Å². The van der Waals surface area contributed by atoms with Crippen LogP contribution in [-0.2, 0) is 57.3 Å². The van der Waals surface area contributed by atoms with Crippen LogP contribution in [0.2, 0.25) is 0 Å². The number of benzene rings is 4. The zero-order valence-corrected chi connectivity index (χ0v) is 87.8. The SMILES string of the molecule is CCCCCCCCCCCC1c2cc3c4c(OCC(=O)NC(CC(C)C)C(=O)OC)c2OCOc2c1cc1c(c2OCC(=O)NC(CC(C)C)C(=O)OC)OCOc2c(cc5c(c2OCC(=O)NC(CC(C)C)C(=O)OC)OCOc2c(cc(c(c2OCC(=O)NC(CC(C)C)C(=O)OC)OCO4)C3CCCCCCCCCCC)C5CCCCCCCCCCC)C1CCCCCCCCCCC. The van der Waals surface area contributed by atoms with Gasteiger partial charge in [0.25, 0.3) is 23.6 Å². The highest BCUT2D eigenvalue weighted by Gasteiger charge is 2.45. The van der Waals surface area contributed by atoms with Crippen molar-refractivity contribution in [3.05, 3.63) is 68.8 Å². The molecule has 9 rings (SSSR count). The van der Waals surface area contributed by atoms with E-state index < -0.39 is 149 Å². The summed E-state index contributed by atoms with van der Waals surface area (Å²) in [5, 5.41) is 11.8. The molecule has 4 unspecified atom stereocenters. The van der Waals surface area contributed by atoms with Crippen molar-refractivity contribution < 1.29 is 114 Å². The topological polar surface area (TPSA) is 332 Å². The third kappa shape index (κ3) is 34.2. The molecule has 0 saturated carbocycles. The standard InChI is InChI=1S/C112H172N4O24/c1-17-21-25-29-33-37-41-45-49-53-77-81-61-83-78(54-50-46-42-38-34-30-26-22-18-2)85-63-87-80(56-52-48-44-40-36-32-28-24-20-4)88-64-86-79(55-51-47-43-39-35-31-27-23-19-3)84-62-82(77)98-106(130-66-94(118)114-90(58-74(7)8)110(122)126-14)100(84)136-71-138-102(86)108(132-68-96(120)116-92(60-76(11)12)112(124)128-16)104(88)140-72-139-103(87)107(131-67-95(119)115-91(59-75(9)10)111(123)127-15)101(85)137-70-135-99(83)105(97(81)133-69-134-98)129-65-93(117)113-89(57-73(5)6)109(121)125-13/h61-64,73-80,89-92H,17-60,65-72H2,1-16H3,(H,113,117)(H,114,118)(H,115,119)(H,116,120). The summed E-state index contributed by atoms with van der Waals surface area (Å²) in [6, 6.07) is 4.55. The predicted molar refractivity (Wildman–Crippen MR) is 541 cm³/mol. The van der Waals surface area contributed by atoms with Crippen LogP contribution < -0.4 is 78.1 Å². The summed E-state index contributed by atoms with van der Waals surface area (Å²) in [6.07, 6.45) is 39.3. The third-order valence-corrected chi connectivity index (χ3v) is 27.5. The largest absolute Gasteiger partial charge is 0.476 e. The van der Waals surface area contributed by atoms with Crippen LogP contribution in [-0.4, -0.2) is 154 Å². The Bertz CT molecular complexity index is 3850. The number of methoxy groups -OCH3 is 4. The summed E-state index contributed by atoms with van der Waals surface area (Å²) in [7, 11) is 5.16. The molecular weight excluding hydrogens is 1790 g/mol. The first kappa shape index (κ1) is 114. The number of hydrogen-bond acceptors (Lipinski definition) is 24. The maximum Gasteiger partial charge on any atom is 0.328 e. The van der Waals surface area contributed by atoms with Crippen LogP contribution in [0.15, 0.2) is 24.3 Å². The number of esters is 4. The summed E-state index contributed by atoms with van der Waals surface area (Å²) < 4.78 is 108. The number of ether oxygens (including phenoxy) is 16. The Morgan fingerprint density at radius 2 is 0.400 bits per heavy atom. The minimum Gasteiger partial charge on any atom is -0.476 e. The van der Waals surface area contributed by atoms with Gasteiger partial charge in [-0.3, -0.25) is 19.2 Å². The van der Waals surface area contributed by atoms with Crippen LogP contribution in [0, 0.1) is 23.7 Å². The summed E-state index contributed by atoms with van der Waals surface area (Å²) in [4.78, 5) is 115. The van der Waals surface area contributed by atoms with Gasteiger partial charge in [0.05, 0.1) is 28.4 Å². The van der Waals surface area contributed by atoms with E-state index >= 15 is 19.2 Å². The van der Waals surface area contributed by atoms with Gasteiger partial charge in [0.2, 0.25) is 50.2 Å². The summed E-state index contributed by atoms with van der Waals surface area (Å²) in [5.74, 6) is -6.31. The van der Waals surface area contributed by atoms with Crippen molar-refractivity contribution in [3.63, 3.8) is 0 Å². The Morgan fingerprint density at radius 3 is 0.543 bits per heavy atom. The number of carbonyl (C=O) groups is 8. The van der Waals surface area contributed by atoms with Crippen molar-refractivity contribution in [3.8, 4) is 69.0 Å². The van der Waals surface area contributed by atoms with Gasteiger partial charge in [0.15, 0.2) is 72.4 Å². The Morgan fingerprint density at radius 1 is 0.250 bits per heavy atom. The second-order valence-corrected chi connectivity index (χ2v) is 40.7. The van der Waals surface area contributed by atoms with Gasteiger partial charge in [-0.05, 0) is 99.3 Å². The number of amides is 4. The van der Waals surface area contributed by atoms with E-state index in [9.17, 15) is 19.2 Å². The van der Waals surface area contributed by atoms with Crippen molar-refractivity contribution in [2.75, 3.05) is 82.0 Å². The monoisotopic (exact) mass is 1960 g/mol. The van der Waals surface area contributed by atoms with E-state index in [1.807, 2.05) is 55.4 Å². The van der Waals surface area contributed by atoms with Crippen LogP contribution in [0.5, 0.6) is 69.0 Å². The van der Waals surface area contributed by atoms with Gasteiger partial charge in [-0.15, -0.1) is 0 Å². The average Bonchev–Trinajstić information content (AvgIpc) is 0.718. The Hall–Kier alpha value is -9.76. The molecule has 8 bridgehead atoms. The van der Waals surface area contributed by atoms with Crippen molar-refractivity contribution in [1.82, 2.24) is 21.3 Å². The number of rotatable bonds is 68. The zero-order chi connectivity index (χ0) is 101. The van der Waals surface area contributed by atoms with Gasteiger partial charge in [0, 0.05) is 68.2 Å². The molecule has 4 aromatic rings. The number of hydrogen-bond donors (Lipinski definition) is 4. The fourth-order valence-corrected chi connectivity index (χ4v) is 20.4. The van der Waals surface area contributed by atoms with Crippen molar-refractivity contribution in [1.29, 1.82) is 0 Å². The average molecular weight is 1960 g/mol. The van der Waals surface area contributed by atoms with Crippen molar-refractivity contribution in [2.24, 2.45) is 23.7 Å². The van der Waals surface area contributed by atoms with Gasteiger partial charge in [0.1, 0.15) is 24.2 Å². The normalized spacial score (nSPS) is 16.1. The molecule has 140 heavy (non-hydrogen) atoms. The number of unbranched alkanes of at least 4 members (excludes halogenated alkanes) is 32. The molecule has 0 fully saturated rings. The minimum atomic E-state index is -1.03. The van der Waals surface area contributed by atoms with Gasteiger partial charge < -0.3 is 97.1 Å². The van der Waals surface area contributed by atoms with E-state index in [1.54, 1.807) is 0 Å². The first-order chi connectivity index (χ1) is 67.8. The fourth-order valence-electron chi connectivity index (χ4n) is 20.4. The van der Waals surface area contributed by atoms with Gasteiger partial charge in [-0.2, -0.15) is 0 Å². The molecule has 1 aliphatic carbocycles. The maximum absolute atomic E-state index is 15.1. The van der Waals surface area contributed by atoms with Crippen molar-refractivity contribution >= 4 is 47.5 Å². The lowest BCUT2D eigenvalue weighted by atomic mass is 9.75. The van der Waals surface area contributed by atoms with E-state index in [0.717, 1.165) is 180 Å². The van der Waals surface area contributed by atoms with E-state index in [2.05, 4.69) is 73.2 Å². The van der Waals surface area contributed by atoms with E-state index in [4.69, 9.17) is 75.8 Å². The first-order valence-electron chi connectivity index (χ1n) is 53.7. The Kier molecular flexibility index (Phi) is 49.8. The first-order valence-corrected chi connectivity index (χ1v) is 53.7. The smallest absolute Gasteiger partial charge is 0.328 e. The zero-order valence-electron chi connectivity index (χ0n) is 87.8. The lowest BCUT2D eigenvalue weighted by Crippen LogP contribution is -2.44. The molecule has 0 radical (unpaired) electrons. The van der Waals surface area contributed by atoms with Crippen LogP contribution >= 0.6 is 0 Å². The van der Waals surface area contributed by atoms with Crippen LogP contribution in [0.25, 0.3) is 0 Å². The summed E-state index contributed by atoms with van der Waals surface area (Å²) in [5.41, 5.74) is 5.03. The second kappa shape index (κ2) is 61.3. The molecule has 0 spiro atoms. The molecule has 4 aliphatic heterocycles. The highest BCUT2D eigenvalue weighted by molar-refractivity contribution is 5.88. The molecule has 4 amide bonds. The van der Waals surface area contributed by atoms with E-state index in [0.29, 0.717) is 95.9 Å². The van der Waals surface area contributed by atoms with Gasteiger partial charge >= 0.3 is 23.9 Å². The summed E-state index contributed by atoms with van der Waals surface area (Å²) >= 11 is 0. The van der Waals surface area contributed by atoms with E-state index in [1.165, 1.54) is 54.1 Å². The highest BCUT2D eigenvalue weighted by Crippen LogP contribution is 2.63. The van der Waals surface area contributed by atoms with Crippen molar-refractivity contribution in [2.45, 2.75) is 413 Å². The summed E-state index contributed by atoms with van der Waals surface area (Å²) in [6.45, 7) is 19.8. The molecule has 28 heteroatoms. The lowest BCUT2D eigenvalue weighted by Gasteiger charge is -2.37. The molecule has 4 atom stereocenters.